The van der Waals surface area contributed by atoms with Gasteiger partial charge in [-0.15, -0.1) is 11.3 Å². The van der Waals surface area contributed by atoms with Crippen molar-refractivity contribution >= 4 is 33.3 Å². The molecule has 0 saturated heterocycles. The molecule has 0 fully saturated rings. The summed E-state index contributed by atoms with van der Waals surface area (Å²) in [7, 11) is 0. The van der Waals surface area contributed by atoms with Gasteiger partial charge in [-0.25, -0.2) is 4.98 Å². The van der Waals surface area contributed by atoms with E-state index in [2.05, 4.69) is 4.98 Å². The summed E-state index contributed by atoms with van der Waals surface area (Å²) >= 11 is 3.19. The highest BCUT2D eigenvalue weighted by atomic mass is 32.2. The number of hydrogen-bond acceptors (Lipinski definition) is 5. The van der Waals surface area contributed by atoms with E-state index in [0.29, 0.717) is 13.2 Å². The van der Waals surface area contributed by atoms with Gasteiger partial charge >= 0.3 is 0 Å². The minimum Gasteiger partial charge on any atom is -0.381 e. The molecule has 0 spiro atoms. The molecule has 2 rings (SSSR count). The fourth-order valence-corrected chi connectivity index (χ4v) is 4.02. The summed E-state index contributed by atoms with van der Waals surface area (Å²) < 4.78 is 7.10. The van der Waals surface area contributed by atoms with Crippen LogP contribution in [0.1, 0.15) is 24.3 Å². The third kappa shape index (κ3) is 2.92. The van der Waals surface area contributed by atoms with Gasteiger partial charge in [0.05, 0.1) is 12.0 Å². The lowest BCUT2D eigenvalue weighted by Crippen LogP contribution is -2.22. The summed E-state index contributed by atoms with van der Waals surface area (Å²) in [6.07, 6.45) is 0. The summed E-state index contributed by atoms with van der Waals surface area (Å²) in [5.74, 6) is 0.815. The molecule has 2 heterocycles. The summed E-state index contributed by atoms with van der Waals surface area (Å²) in [6, 6.07) is 0. The van der Waals surface area contributed by atoms with E-state index >= 15 is 0 Å². The van der Waals surface area contributed by atoms with Crippen molar-refractivity contribution in [2.75, 3.05) is 19.0 Å². The molecule has 6 heteroatoms. The smallest absolute Gasteiger partial charge is 0.263 e. The molecule has 0 unspecified atom stereocenters. The second-order valence-electron chi connectivity index (χ2n) is 4.45. The van der Waals surface area contributed by atoms with Crippen LogP contribution in [0.4, 0.5) is 0 Å². The van der Waals surface area contributed by atoms with Crippen LogP contribution in [0.3, 0.4) is 0 Å². The van der Waals surface area contributed by atoms with Crippen LogP contribution in [0, 0.1) is 13.8 Å². The van der Waals surface area contributed by atoms with Crippen molar-refractivity contribution in [3.63, 3.8) is 0 Å². The predicted molar refractivity (Wildman–Crippen MR) is 86.2 cm³/mol. The number of hydrogen-bond donors (Lipinski definition) is 0. The number of aromatic nitrogens is 2. The van der Waals surface area contributed by atoms with Crippen LogP contribution in [-0.2, 0) is 11.3 Å². The average Bonchev–Trinajstić information content (AvgIpc) is 2.70. The monoisotopic (exact) mass is 312 g/mol. The van der Waals surface area contributed by atoms with Gasteiger partial charge in [-0.2, -0.15) is 0 Å². The topological polar surface area (TPSA) is 44.1 Å². The second-order valence-corrected chi connectivity index (χ2v) is 6.72. The van der Waals surface area contributed by atoms with E-state index in [4.69, 9.17) is 4.74 Å². The number of fused-ring (bicyclic) bond motifs is 1. The van der Waals surface area contributed by atoms with Crippen molar-refractivity contribution in [2.45, 2.75) is 39.4 Å². The van der Waals surface area contributed by atoms with Crippen LogP contribution in [0.25, 0.3) is 10.2 Å². The molecule has 0 aromatic carbocycles. The van der Waals surface area contributed by atoms with Crippen molar-refractivity contribution in [3.8, 4) is 0 Å². The molecule has 110 valence electrons. The first-order chi connectivity index (χ1) is 9.60. The van der Waals surface area contributed by atoms with Crippen molar-refractivity contribution in [1.29, 1.82) is 0 Å². The highest BCUT2D eigenvalue weighted by Gasteiger charge is 2.15. The van der Waals surface area contributed by atoms with Crippen molar-refractivity contribution in [2.24, 2.45) is 0 Å². The Morgan fingerprint density at radius 3 is 2.75 bits per heavy atom. The Morgan fingerprint density at radius 1 is 1.35 bits per heavy atom. The number of nitrogens with zero attached hydrogens (tertiary/aromatic N) is 2. The van der Waals surface area contributed by atoms with Gasteiger partial charge in [0.1, 0.15) is 4.83 Å². The van der Waals surface area contributed by atoms with Gasteiger partial charge in [-0.05, 0) is 33.3 Å². The Hall–Kier alpha value is -0.850. The van der Waals surface area contributed by atoms with E-state index in [-0.39, 0.29) is 5.56 Å². The molecule has 0 N–H and O–H groups in total. The van der Waals surface area contributed by atoms with Crippen LogP contribution in [0.5, 0.6) is 0 Å². The van der Waals surface area contributed by atoms with Gasteiger partial charge < -0.3 is 4.74 Å². The van der Waals surface area contributed by atoms with Gasteiger partial charge in [0.25, 0.3) is 5.56 Å². The average molecular weight is 312 g/mol. The first-order valence-corrected chi connectivity index (χ1v) is 8.61. The maximum Gasteiger partial charge on any atom is 0.263 e. The molecule has 0 radical (unpaired) electrons. The number of aryl methyl sites for hydroxylation is 2. The summed E-state index contributed by atoms with van der Waals surface area (Å²) in [5, 5.41) is 1.58. The largest absolute Gasteiger partial charge is 0.381 e. The highest BCUT2D eigenvalue weighted by molar-refractivity contribution is 7.99. The first kappa shape index (κ1) is 15.5. The molecule has 0 bridgehead atoms. The molecule has 2 aromatic heterocycles. The molecule has 20 heavy (non-hydrogen) atoms. The summed E-state index contributed by atoms with van der Waals surface area (Å²) in [6.45, 7) is 10.0. The van der Waals surface area contributed by atoms with Crippen LogP contribution in [0.15, 0.2) is 9.95 Å². The number of rotatable bonds is 6. The van der Waals surface area contributed by atoms with Gasteiger partial charge in [-0.3, -0.25) is 9.36 Å². The zero-order chi connectivity index (χ0) is 14.7. The second kappa shape index (κ2) is 6.74. The molecule has 0 saturated carbocycles. The van der Waals surface area contributed by atoms with E-state index < -0.39 is 0 Å². The molecular formula is C14H20N2O2S2. The number of thioether (sulfide) groups is 1. The SMILES string of the molecule is CCOCCSc1nc2sc(C)c(C)c2c(=O)n1CC. The summed E-state index contributed by atoms with van der Waals surface area (Å²) in [5.41, 5.74) is 1.15. The predicted octanol–water partition coefficient (Wildman–Crippen LogP) is 3.22. The van der Waals surface area contributed by atoms with Gasteiger partial charge in [0.15, 0.2) is 5.16 Å². The first-order valence-electron chi connectivity index (χ1n) is 6.81. The molecule has 0 amide bonds. The van der Waals surface area contributed by atoms with Crippen molar-refractivity contribution in [1.82, 2.24) is 9.55 Å². The lowest BCUT2D eigenvalue weighted by atomic mass is 10.2. The van der Waals surface area contributed by atoms with Crippen molar-refractivity contribution < 1.29 is 4.74 Å². The van der Waals surface area contributed by atoms with Crippen LogP contribution in [-0.4, -0.2) is 28.5 Å². The van der Waals surface area contributed by atoms with Crippen LogP contribution in [0.2, 0.25) is 0 Å². The number of ether oxygens (including phenoxy) is 1. The fraction of sp³-hybridized carbons (Fsp3) is 0.571. The zero-order valence-electron chi connectivity index (χ0n) is 12.4. The standard InChI is InChI=1S/C14H20N2O2S2/c1-5-16-13(17)11-9(3)10(4)20-12(11)15-14(16)19-8-7-18-6-2/h5-8H2,1-4H3. The maximum atomic E-state index is 12.6. The minimum absolute atomic E-state index is 0.0817. The normalized spacial score (nSPS) is 11.4. The Kier molecular flexibility index (Phi) is 5.23. The third-order valence-electron chi connectivity index (χ3n) is 3.23. The van der Waals surface area contributed by atoms with E-state index in [1.165, 1.54) is 4.88 Å². The zero-order valence-corrected chi connectivity index (χ0v) is 14.0. The highest BCUT2D eigenvalue weighted by Crippen LogP contribution is 2.28. The fourth-order valence-electron chi connectivity index (χ4n) is 2.03. The minimum atomic E-state index is 0.0817. The van der Waals surface area contributed by atoms with Gasteiger partial charge in [-0.1, -0.05) is 11.8 Å². The maximum absolute atomic E-state index is 12.6. The lowest BCUT2D eigenvalue weighted by molar-refractivity contribution is 0.164. The lowest BCUT2D eigenvalue weighted by Gasteiger charge is -2.09. The van der Waals surface area contributed by atoms with Crippen LogP contribution < -0.4 is 5.56 Å². The Balaban J connectivity index is 2.41. The number of thiophene rings is 1. The molecule has 0 atom stereocenters. The molecule has 0 aliphatic rings. The molecule has 0 aliphatic carbocycles. The Bertz CT molecular complexity index is 661. The molecule has 0 aliphatic heterocycles. The third-order valence-corrected chi connectivity index (χ3v) is 5.27. The quantitative estimate of drug-likeness (QED) is 0.467. The molecular weight excluding hydrogens is 292 g/mol. The van der Waals surface area contributed by atoms with E-state index in [0.717, 1.165) is 33.3 Å². The molecule has 4 nitrogen and oxygen atoms in total. The van der Waals surface area contributed by atoms with E-state index in [9.17, 15) is 4.79 Å². The van der Waals surface area contributed by atoms with E-state index in [1.807, 2.05) is 27.7 Å². The van der Waals surface area contributed by atoms with Gasteiger partial charge in [0, 0.05) is 23.8 Å². The Morgan fingerprint density at radius 2 is 2.10 bits per heavy atom. The van der Waals surface area contributed by atoms with Gasteiger partial charge in [0.2, 0.25) is 0 Å². The van der Waals surface area contributed by atoms with Crippen LogP contribution >= 0.6 is 23.1 Å². The Labute approximate surface area is 127 Å². The van der Waals surface area contributed by atoms with Crippen molar-refractivity contribution in [3.05, 3.63) is 20.8 Å². The van der Waals surface area contributed by atoms with E-state index in [1.54, 1.807) is 27.7 Å². The summed E-state index contributed by atoms with van der Waals surface area (Å²) in [4.78, 5) is 19.3. The molecule has 2 aromatic rings.